The Balaban J connectivity index is 1.88. The van der Waals surface area contributed by atoms with E-state index in [1.165, 1.54) is 30.5 Å². The summed E-state index contributed by atoms with van der Waals surface area (Å²) >= 11 is 6.59. The fraction of sp³-hybridized carbons (Fsp3) is 0.231. The molecule has 0 saturated carbocycles. The third kappa shape index (κ3) is 4.82. The molecule has 1 N–H and O–H groups in total. The molecular formula is C26H23ClF2N5OP. The number of aryl methyl sites for hydroxylation is 2. The molecule has 184 valence electrons. The number of benzene rings is 1. The summed E-state index contributed by atoms with van der Waals surface area (Å²) < 4.78 is 42.2. The minimum absolute atomic E-state index is 0.0381. The third-order valence-corrected chi connectivity index (χ3v) is 7.68. The predicted molar refractivity (Wildman–Crippen MR) is 139 cm³/mol. The Morgan fingerprint density at radius 2 is 1.83 bits per heavy atom. The summed E-state index contributed by atoms with van der Waals surface area (Å²) in [6.07, 6.45) is 1.46. The number of rotatable bonds is 5. The molecule has 4 rings (SSSR count). The Kier molecular flexibility index (Phi) is 6.83. The number of pyridine rings is 3. The molecule has 4 aromatic rings. The average molecular weight is 526 g/mol. The van der Waals surface area contributed by atoms with Crippen LogP contribution in [0.3, 0.4) is 0 Å². The van der Waals surface area contributed by atoms with Crippen LogP contribution < -0.4 is 10.8 Å². The van der Waals surface area contributed by atoms with Crippen molar-refractivity contribution in [2.24, 2.45) is 0 Å². The van der Waals surface area contributed by atoms with Crippen LogP contribution in [-0.2, 0) is 4.57 Å². The lowest BCUT2D eigenvalue weighted by Crippen LogP contribution is -2.12. The zero-order valence-electron chi connectivity index (χ0n) is 20.3. The maximum atomic E-state index is 15.2. The van der Waals surface area contributed by atoms with E-state index in [4.69, 9.17) is 11.6 Å². The Hall–Kier alpha value is -3.40. The highest BCUT2D eigenvalue weighted by Gasteiger charge is 2.22. The maximum Gasteiger partial charge on any atom is 0.151 e. The van der Waals surface area contributed by atoms with Gasteiger partial charge in [0.1, 0.15) is 24.2 Å². The van der Waals surface area contributed by atoms with E-state index in [-0.39, 0.29) is 21.8 Å². The van der Waals surface area contributed by atoms with Crippen molar-refractivity contribution in [2.45, 2.75) is 26.8 Å². The van der Waals surface area contributed by atoms with Crippen molar-refractivity contribution < 1.29 is 13.3 Å². The van der Waals surface area contributed by atoms with Crippen LogP contribution in [0.2, 0.25) is 5.02 Å². The second-order valence-corrected chi connectivity index (χ2v) is 12.5. The van der Waals surface area contributed by atoms with Gasteiger partial charge in [-0.15, -0.1) is 0 Å². The van der Waals surface area contributed by atoms with Crippen LogP contribution in [0.15, 0.2) is 36.5 Å². The number of nitrogens with zero attached hydrogens (tertiary/aromatic N) is 4. The lowest BCUT2D eigenvalue weighted by molar-refractivity contribution is 0.587. The lowest BCUT2D eigenvalue weighted by atomic mass is 10.0. The van der Waals surface area contributed by atoms with Crippen LogP contribution in [0.4, 0.5) is 14.5 Å². The van der Waals surface area contributed by atoms with Gasteiger partial charge in [-0.2, -0.15) is 5.26 Å². The Morgan fingerprint density at radius 3 is 2.47 bits per heavy atom. The molecule has 0 saturated heterocycles. The van der Waals surface area contributed by atoms with Crippen LogP contribution in [0.25, 0.3) is 22.3 Å². The fourth-order valence-electron chi connectivity index (χ4n) is 3.91. The van der Waals surface area contributed by atoms with Crippen LogP contribution in [0.1, 0.15) is 35.3 Å². The molecule has 1 aromatic carbocycles. The van der Waals surface area contributed by atoms with Crippen molar-refractivity contribution in [2.75, 3.05) is 18.6 Å². The van der Waals surface area contributed by atoms with Gasteiger partial charge in [0, 0.05) is 23.4 Å². The van der Waals surface area contributed by atoms with Gasteiger partial charge in [0.2, 0.25) is 0 Å². The fourth-order valence-corrected chi connectivity index (χ4v) is 4.93. The van der Waals surface area contributed by atoms with E-state index >= 15 is 4.39 Å². The van der Waals surface area contributed by atoms with E-state index < -0.39 is 24.8 Å². The van der Waals surface area contributed by atoms with Crippen molar-refractivity contribution in [3.8, 4) is 17.3 Å². The van der Waals surface area contributed by atoms with E-state index in [2.05, 4.69) is 20.3 Å². The molecule has 0 fully saturated rings. The van der Waals surface area contributed by atoms with Gasteiger partial charge in [0.05, 0.1) is 45.0 Å². The SMILES string of the molecule is Cc1cc(P(C)(C)=O)ncc1-c1nc2c(N[C@H](C)c3cc(C#N)ccc3F)c(Cl)c(C)nc2cc1F. The van der Waals surface area contributed by atoms with Gasteiger partial charge in [0.15, 0.2) is 5.82 Å². The summed E-state index contributed by atoms with van der Waals surface area (Å²) in [5.74, 6) is -1.08. The highest BCUT2D eigenvalue weighted by molar-refractivity contribution is 7.69. The number of nitriles is 1. The molecule has 0 unspecified atom stereocenters. The van der Waals surface area contributed by atoms with E-state index in [9.17, 15) is 14.2 Å². The first-order valence-corrected chi connectivity index (χ1v) is 14.0. The standard InChI is InChI=1S/C26H23ClF2N5OP/c1-13-8-22(36(4,5)35)31-12-18(13)24-20(29)10-21-25(34-24)26(23(27)15(3)32-21)33-14(2)17-9-16(11-30)6-7-19(17)28/h6-10,12,14H,1-5H3,(H,32,33)/t14-/m1/s1. The van der Waals surface area contributed by atoms with Crippen LogP contribution in [-0.4, -0.2) is 28.3 Å². The Morgan fingerprint density at radius 1 is 1.11 bits per heavy atom. The smallest absolute Gasteiger partial charge is 0.151 e. The molecule has 3 aromatic heterocycles. The van der Waals surface area contributed by atoms with Gasteiger partial charge < -0.3 is 9.88 Å². The van der Waals surface area contributed by atoms with Gasteiger partial charge in [0.25, 0.3) is 0 Å². The monoisotopic (exact) mass is 525 g/mol. The number of aromatic nitrogens is 3. The van der Waals surface area contributed by atoms with Crippen LogP contribution >= 0.6 is 18.7 Å². The van der Waals surface area contributed by atoms with Gasteiger partial charge in [-0.1, -0.05) is 11.6 Å². The molecule has 0 aliphatic rings. The number of hydrogen-bond acceptors (Lipinski definition) is 6. The Bertz CT molecular complexity index is 1610. The molecular weight excluding hydrogens is 503 g/mol. The predicted octanol–water partition coefficient (Wildman–Crippen LogP) is 6.53. The highest BCUT2D eigenvalue weighted by atomic mass is 35.5. The number of fused-ring (bicyclic) bond motifs is 1. The molecule has 36 heavy (non-hydrogen) atoms. The number of hydrogen-bond donors (Lipinski definition) is 1. The second-order valence-electron chi connectivity index (χ2n) is 9.00. The van der Waals surface area contributed by atoms with Crippen molar-refractivity contribution in [3.05, 3.63) is 75.6 Å². The summed E-state index contributed by atoms with van der Waals surface area (Å²) in [5, 5.41) is 12.7. The molecule has 0 bridgehead atoms. The first-order valence-electron chi connectivity index (χ1n) is 11.1. The molecule has 0 amide bonds. The van der Waals surface area contributed by atoms with Gasteiger partial charge >= 0.3 is 0 Å². The van der Waals surface area contributed by atoms with E-state index in [0.29, 0.717) is 39.0 Å². The van der Waals surface area contributed by atoms with Gasteiger partial charge in [-0.3, -0.25) is 4.98 Å². The van der Waals surface area contributed by atoms with E-state index in [1.807, 2.05) is 6.07 Å². The first kappa shape index (κ1) is 25.7. The van der Waals surface area contributed by atoms with E-state index in [0.717, 1.165) is 0 Å². The van der Waals surface area contributed by atoms with Crippen LogP contribution in [0.5, 0.6) is 0 Å². The summed E-state index contributed by atoms with van der Waals surface area (Å²) in [6.45, 7) is 8.42. The summed E-state index contributed by atoms with van der Waals surface area (Å²) in [4.78, 5) is 13.2. The van der Waals surface area contributed by atoms with Gasteiger partial charge in [-0.25, -0.2) is 18.7 Å². The molecule has 0 spiro atoms. The largest absolute Gasteiger partial charge is 0.375 e. The first-order chi connectivity index (χ1) is 16.9. The quantitative estimate of drug-likeness (QED) is 0.298. The number of nitrogens with one attached hydrogen (secondary N) is 1. The highest BCUT2D eigenvalue weighted by Crippen LogP contribution is 2.38. The van der Waals surface area contributed by atoms with E-state index in [1.54, 1.807) is 40.2 Å². The van der Waals surface area contributed by atoms with Crippen molar-refractivity contribution in [3.63, 3.8) is 0 Å². The van der Waals surface area contributed by atoms with Crippen LogP contribution in [0, 0.1) is 36.8 Å². The molecule has 0 aliphatic carbocycles. The topological polar surface area (TPSA) is 91.6 Å². The molecule has 3 heterocycles. The summed E-state index contributed by atoms with van der Waals surface area (Å²) in [5.41, 5.74) is 3.56. The molecule has 1 atom stereocenters. The molecule has 10 heteroatoms. The van der Waals surface area contributed by atoms with Crippen molar-refractivity contribution in [1.82, 2.24) is 15.0 Å². The zero-order chi connectivity index (χ0) is 26.4. The minimum Gasteiger partial charge on any atom is -0.375 e. The average Bonchev–Trinajstić information content (AvgIpc) is 2.81. The second kappa shape index (κ2) is 9.57. The minimum atomic E-state index is -2.60. The normalized spacial score (nSPS) is 12.4. The summed E-state index contributed by atoms with van der Waals surface area (Å²) in [7, 11) is -2.60. The maximum absolute atomic E-state index is 15.2. The Labute approximate surface area is 212 Å². The molecule has 0 radical (unpaired) electrons. The third-order valence-electron chi connectivity index (χ3n) is 5.87. The lowest BCUT2D eigenvalue weighted by Gasteiger charge is -2.20. The zero-order valence-corrected chi connectivity index (χ0v) is 22.0. The van der Waals surface area contributed by atoms with Gasteiger partial charge in [-0.05, 0) is 63.9 Å². The number of anilines is 1. The van der Waals surface area contributed by atoms with Crippen molar-refractivity contribution >= 4 is 40.9 Å². The molecule has 0 aliphatic heterocycles. The summed E-state index contributed by atoms with van der Waals surface area (Å²) in [6, 6.07) is 8.46. The molecule has 6 nitrogen and oxygen atoms in total. The van der Waals surface area contributed by atoms with Crippen molar-refractivity contribution in [1.29, 1.82) is 5.26 Å². The number of halogens is 3.